The molecule has 0 radical (unpaired) electrons. The molecule has 0 amide bonds. The lowest BCUT2D eigenvalue weighted by atomic mass is 10.1. The number of allylic oxidation sites excluding steroid dienone is 1. The summed E-state index contributed by atoms with van der Waals surface area (Å²) in [6, 6.07) is 8.32. The molecule has 1 N–H and O–H groups in total. The van der Waals surface area contributed by atoms with E-state index in [1.165, 1.54) is 48.6 Å². The molecule has 112 valence electrons. The summed E-state index contributed by atoms with van der Waals surface area (Å²) in [5.41, 5.74) is 0.546. The summed E-state index contributed by atoms with van der Waals surface area (Å²) in [6.45, 7) is 0. The number of carbonyl (C=O) groups excluding carboxylic acids is 1. The predicted octanol–water partition coefficient (Wildman–Crippen LogP) is 4.50. The van der Waals surface area contributed by atoms with E-state index in [4.69, 9.17) is 23.2 Å². The zero-order valence-corrected chi connectivity index (χ0v) is 12.5. The Balaban J connectivity index is 2.23. The van der Waals surface area contributed by atoms with E-state index < -0.39 is 10.7 Å². The Bertz CT molecular complexity index is 770. The molecule has 0 aliphatic rings. The van der Waals surface area contributed by atoms with E-state index in [1.807, 2.05) is 0 Å². The number of rotatable bonds is 4. The van der Waals surface area contributed by atoms with E-state index in [9.17, 15) is 20.0 Å². The number of carbonyl (C=O) groups is 1. The van der Waals surface area contributed by atoms with Gasteiger partial charge in [0.15, 0.2) is 5.78 Å². The summed E-state index contributed by atoms with van der Waals surface area (Å²) in [5, 5.41) is 20.5. The zero-order chi connectivity index (χ0) is 16.3. The van der Waals surface area contributed by atoms with Gasteiger partial charge >= 0.3 is 0 Å². The number of non-ortho nitro benzene ring substituents is 1. The normalized spacial score (nSPS) is 10.8. The minimum atomic E-state index is -0.509. The molecule has 0 spiro atoms. The van der Waals surface area contributed by atoms with E-state index in [0.717, 1.165) is 0 Å². The molecule has 0 saturated heterocycles. The molecule has 0 atom stereocenters. The second-order valence-corrected chi connectivity index (χ2v) is 5.17. The zero-order valence-electron chi connectivity index (χ0n) is 11.0. The van der Waals surface area contributed by atoms with E-state index in [0.29, 0.717) is 5.56 Å². The molecule has 5 nitrogen and oxygen atoms in total. The molecule has 7 heteroatoms. The smallest absolute Gasteiger partial charge is 0.269 e. The first-order chi connectivity index (χ1) is 10.4. The third-order valence-electron chi connectivity index (χ3n) is 2.82. The number of halogens is 2. The predicted molar refractivity (Wildman–Crippen MR) is 84.6 cm³/mol. The molecule has 2 aromatic rings. The van der Waals surface area contributed by atoms with Crippen LogP contribution in [0.25, 0.3) is 6.08 Å². The number of nitro groups is 1. The number of nitrogens with zero attached hydrogens (tertiary/aromatic N) is 1. The molecule has 0 saturated carbocycles. The molecule has 2 aromatic carbocycles. The van der Waals surface area contributed by atoms with Gasteiger partial charge in [-0.25, -0.2) is 0 Å². The van der Waals surface area contributed by atoms with Crippen molar-refractivity contribution in [2.24, 2.45) is 0 Å². The summed E-state index contributed by atoms with van der Waals surface area (Å²) >= 11 is 11.5. The third kappa shape index (κ3) is 3.63. The van der Waals surface area contributed by atoms with Crippen LogP contribution in [-0.2, 0) is 0 Å². The number of nitro benzene ring substituents is 1. The highest BCUT2D eigenvalue weighted by atomic mass is 35.5. The van der Waals surface area contributed by atoms with E-state index in [-0.39, 0.29) is 27.0 Å². The first-order valence-electron chi connectivity index (χ1n) is 6.03. The highest BCUT2D eigenvalue weighted by Crippen LogP contribution is 2.31. The van der Waals surface area contributed by atoms with Gasteiger partial charge in [-0.3, -0.25) is 14.9 Å². The van der Waals surface area contributed by atoms with Gasteiger partial charge in [0.1, 0.15) is 5.75 Å². The van der Waals surface area contributed by atoms with E-state index in [1.54, 1.807) is 0 Å². The van der Waals surface area contributed by atoms with Gasteiger partial charge in [-0.05, 0) is 35.9 Å². The fourth-order valence-corrected chi connectivity index (χ4v) is 2.22. The van der Waals surface area contributed by atoms with Gasteiger partial charge in [0, 0.05) is 17.2 Å². The first kappa shape index (κ1) is 16.0. The second kappa shape index (κ2) is 6.60. The fraction of sp³-hybridized carbons (Fsp3) is 0. The van der Waals surface area contributed by atoms with Crippen LogP contribution in [0, 0.1) is 10.1 Å². The molecule has 0 unspecified atom stereocenters. The maximum absolute atomic E-state index is 12.0. The maximum Gasteiger partial charge on any atom is 0.269 e. The summed E-state index contributed by atoms with van der Waals surface area (Å²) in [7, 11) is 0. The Morgan fingerprint density at radius 3 is 2.41 bits per heavy atom. The van der Waals surface area contributed by atoms with Crippen LogP contribution in [0.5, 0.6) is 5.75 Å². The minimum absolute atomic E-state index is 0.0143. The molecule has 0 heterocycles. The number of phenols is 1. The third-order valence-corrected chi connectivity index (χ3v) is 3.33. The topological polar surface area (TPSA) is 80.4 Å². The molecular formula is C15H9Cl2NO4. The van der Waals surface area contributed by atoms with Crippen LogP contribution in [0.4, 0.5) is 5.69 Å². The maximum atomic E-state index is 12.0. The van der Waals surface area contributed by atoms with Crippen LogP contribution in [0.1, 0.15) is 15.9 Å². The lowest BCUT2D eigenvalue weighted by Crippen LogP contribution is -1.95. The molecule has 0 bridgehead atoms. The van der Waals surface area contributed by atoms with Gasteiger partial charge in [-0.15, -0.1) is 0 Å². The van der Waals surface area contributed by atoms with Crippen molar-refractivity contribution >= 4 is 40.7 Å². The second-order valence-electron chi connectivity index (χ2n) is 4.33. The van der Waals surface area contributed by atoms with Crippen LogP contribution in [0.15, 0.2) is 42.5 Å². The molecule has 2 rings (SSSR count). The van der Waals surface area contributed by atoms with Crippen molar-refractivity contribution in [1.29, 1.82) is 0 Å². The number of benzene rings is 2. The number of ketones is 1. The molecule has 0 aliphatic heterocycles. The van der Waals surface area contributed by atoms with Crippen LogP contribution < -0.4 is 0 Å². The fourth-order valence-electron chi connectivity index (χ4n) is 1.72. The Hall–Kier alpha value is -2.37. The van der Waals surface area contributed by atoms with Crippen molar-refractivity contribution in [2.45, 2.75) is 0 Å². The minimum Gasteiger partial charge on any atom is -0.506 e. The van der Waals surface area contributed by atoms with Crippen molar-refractivity contribution in [1.82, 2.24) is 0 Å². The van der Waals surface area contributed by atoms with Gasteiger partial charge in [-0.1, -0.05) is 29.3 Å². The van der Waals surface area contributed by atoms with Crippen molar-refractivity contribution in [3.05, 3.63) is 73.8 Å². The molecule has 0 fully saturated rings. The SMILES string of the molecule is O=C(/C=C/c1ccc([N+](=O)[O-])cc1)c1cc(Cl)cc(Cl)c1O. The van der Waals surface area contributed by atoms with Gasteiger partial charge in [0.05, 0.1) is 15.5 Å². The highest BCUT2D eigenvalue weighted by Gasteiger charge is 2.13. The quantitative estimate of drug-likeness (QED) is 0.385. The van der Waals surface area contributed by atoms with Crippen LogP contribution in [-0.4, -0.2) is 15.8 Å². The molecule has 0 aliphatic carbocycles. The molecule has 0 aromatic heterocycles. The number of phenolic OH excluding ortho intramolecular Hbond substituents is 1. The Morgan fingerprint density at radius 1 is 1.18 bits per heavy atom. The lowest BCUT2D eigenvalue weighted by Gasteiger charge is -2.03. The molecule has 22 heavy (non-hydrogen) atoms. The van der Waals surface area contributed by atoms with Crippen molar-refractivity contribution in [3.8, 4) is 5.75 Å². The average Bonchev–Trinajstić information content (AvgIpc) is 2.48. The van der Waals surface area contributed by atoms with Gasteiger partial charge < -0.3 is 5.11 Å². The summed E-state index contributed by atoms with van der Waals surface area (Å²) in [5.74, 6) is -0.829. The Labute approximate surface area is 135 Å². The van der Waals surface area contributed by atoms with Crippen LogP contribution in [0.3, 0.4) is 0 Å². The lowest BCUT2D eigenvalue weighted by molar-refractivity contribution is -0.384. The van der Waals surface area contributed by atoms with Crippen molar-refractivity contribution in [3.63, 3.8) is 0 Å². The number of aromatic hydroxyl groups is 1. The number of hydrogen-bond acceptors (Lipinski definition) is 4. The van der Waals surface area contributed by atoms with Gasteiger partial charge in [0.25, 0.3) is 5.69 Å². The van der Waals surface area contributed by atoms with Gasteiger partial charge in [-0.2, -0.15) is 0 Å². The van der Waals surface area contributed by atoms with Crippen LogP contribution in [0.2, 0.25) is 10.0 Å². The van der Waals surface area contributed by atoms with Gasteiger partial charge in [0.2, 0.25) is 0 Å². The number of hydrogen-bond donors (Lipinski definition) is 1. The van der Waals surface area contributed by atoms with Crippen LogP contribution >= 0.6 is 23.2 Å². The van der Waals surface area contributed by atoms with E-state index in [2.05, 4.69) is 0 Å². The van der Waals surface area contributed by atoms with E-state index >= 15 is 0 Å². The van der Waals surface area contributed by atoms with Crippen molar-refractivity contribution in [2.75, 3.05) is 0 Å². The van der Waals surface area contributed by atoms with Crippen molar-refractivity contribution < 1.29 is 14.8 Å². The Kier molecular flexibility index (Phi) is 4.80. The summed E-state index contributed by atoms with van der Waals surface area (Å²) in [4.78, 5) is 22.1. The summed E-state index contributed by atoms with van der Waals surface area (Å²) in [6.07, 6.45) is 2.70. The summed E-state index contributed by atoms with van der Waals surface area (Å²) < 4.78 is 0. The Morgan fingerprint density at radius 2 is 1.82 bits per heavy atom. The standard InChI is InChI=1S/C15H9Cl2NO4/c16-10-7-12(15(20)13(17)8-10)14(19)6-3-9-1-4-11(5-2-9)18(21)22/h1-8,20H/b6-3+. The first-order valence-corrected chi connectivity index (χ1v) is 6.79. The molecular weight excluding hydrogens is 329 g/mol. The largest absolute Gasteiger partial charge is 0.506 e. The monoisotopic (exact) mass is 337 g/mol. The average molecular weight is 338 g/mol. The highest BCUT2D eigenvalue weighted by molar-refractivity contribution is 6.36.